The lowest BCUT2D eigenvalue weighted by Crippen LogP contribution is -2.27. The summed E-state index contributed by atoms with van der Waals surface area (Å²) < 4.78 is 8.39. The molecule has 25 heavy (non-hydrogen) atoms. The van der Waals surface area contributed by atoms with Crippen molar-refractivity contribution in [3.8, 4) is 5.82 Å². The molecule has 0 N–H and O–H groups in total. The Balaban J connectivity index is 2.38. The van der Waals surface area contributed by atoms with Gasteiger partial charge in [0.1, 0.15) is 11.6 Å². The molecular weight excluding hydrogens is 390 g/mol. The second-order valence-electron chi connectivity index (χ2n) is 5.61. The van der Waals surface area contributed by atoms with Crippen LogP contribution in [0.3, 0.4) is 0 Å². The number of aromatic nitrogens is 4. The van der Waals surface area contributed by atoms with Gasteiger partial charge in [-0.25, -0.2) is 14.2 Å². The minimum Gasteiger partial charge on any atom is -0.464 e. The van der Waals surface area contributed by atoms with E-state index in [1.165, 1.54) is 22.4 Å². The third-order valence-corrected chi connectivity index (χ3v) is 4.23. The van der Waals surface area contributed by atoms with Gasteiger partial charge in [0, 0.05) is 37.1 Å². The van der Waals surface area contributed by atoms with Gasteiger partial charge in [0.2, 0.25) is 0 Å². The molecule has 0 aliphatic carbocycles. The van der Waals surface area contributed by atoms with Gasteiger partial charge in [-0.3, -0.25) is 4.68 Å². The van der Waals surface area contributed by atoms with Gasteiger partial charge < -0.3 is 9.64 Å². The van der Waals surface area contributed by atoms with E-state index in [1.807, 2.05) is 32.3 Å². The van der Waals surface area contributed by atoms with Crippen molar-refractivity contribution < 1.29 is 9.53 Å². The van der Waals surface area contributed by atoms with Crippen molar-refractivity contribution >= 4 is 38.6 Å². The number of nitrogens with zero attached hydrogens (tertiary/aromatic N) is 5. The predicted octanol–water partition coefficient (Wildman–Crippen LogP) is 1.73. The van der Waals surface area contributed by atoms with Gasteiger partial charge in [0.15, 0.2) is 5.69 Å². The van der Waals surface area contributed by atoms with E-state index < -0.39 is 11.7 Å². The van der Waals surface area contributed by atoms with Gasteiger partial charge in [0.05, 0.1) is 12.6 Å². The number of carbonyl (C=O) groups excluding carboxylic acids is 1. The molecule has 130 valence electrons. The van der Waals surface area contributed by atoms with Crippen LogP contribution in [-0.2, 0) is 11.8 Å². The molecule has 2 aromatic heterocycles. The minimum absolute atomic E-state index is 0.117. The summed E-state index contributed by atoms with van der Waals surface area (Å²) in [6, 6.07) is 7.10. The molecule has 0 atom stereocenters. The van der Waals surface area contributed by atoms with Crippen LogP contribution >= 0.6 is 15.9 Å². The molecule has 0 aliphatic heterocycles. The van der Waals surface area contributed by atoms with E-state index in [4.69, 9.17) is 4.74 Å². The van der Waals surface area contributed by atoms with Crippen molar-refractivity contribution in [1.29, 1.82) is 0 Å². The second-order valence-corrected chi connectivity index (χ2v) is 6.53. The van der Waals surface area contributed by atoms with E-state index in [9.17, 15) is 9.59 Å². The van der Waals surface area contributed by atoms with Crippen LogP contribution in [0, 0.1) is 0 Å². The number of hydrogen-bond donors (Lipinski definition) is 0. The fourth-order valence-electron chi connectivity index (χ4n) is 2.62. The Kier molecular flexibility index (Phi) is 4.34. The summed E-state index contributed by atoms with van der Waals surface area (Å²) >= 11 is 3.44. The lowest BCUT2D eigenvalue weighted by Gasteiger charge is -2.17. The van der Waals surface area contributed by atoms with Crippen molar-refractivity contribution in [2.75, 3.05) is 26.1 Å². The highest BCUT2D eigenvalue weighted by molar-refractivity contribution is 9.10. The van der Waals surface area contributed by atoms with Crippen LogP contribution in [0.4, 0.5) is 5.82 Å². The largest absolute Gasteiger partial charge is 0.464 e. The van der Waals surface area contributed by atoms with Crippen molar-refractivity contribution in [3.63, 3.8) is 0 Å². The first-order valence-corrected chi connectivity index (χ1v) is 8.15. The number of aryl methyl sites for hydroxylation is 1. The van der Waals surface area contributed by atoms with Crippen LogP contribution in [0.15, 0.2) is 33.5 Å². The topological polar surface area (TPSA) is 82.2 Å². The molecule has 2 heterocycles. The maximum atomic E-state index is 12.7. The van der Waals surface area contributed by atoms with Crippen molar-refractivity contribution in [2.24, 2.45) is 7.05 Å². The Bertz CT molecular complexity index is 1040. The van der Waals surface area contributed by atoms with Gasteiger partial charge in [0.25, 0.3) is 0 Å². The summed E-state index contributed by atoms with van der Waals surface area (Å²) in [5, 5.41) is 4.92. The Labute approximate surface area is 151 Å². The van der Waals surface area contributed by atoms with Crippen LogP contribution in [-0.4, -0.2) is 46.5 Å². The molecule has 0 saturated carbocycles. The molecule has 1 aromatic carbocycles. The number of halogens is 1. The first-order valence-electron chi connectivity index (χ1n) is 7.36. The average molecular weight is 406 g/mol. The number of fused-ring (bicyclic) bond motifs is 1. The third kappa shape index (κ3) is 2.91. The molecule has 8 nitrogen and oxygen atoms in total. The highest BCUT2D eigenvalue weighted by Crippen LogP contribution is 2.26. The monoisotopic (exact) mass is 405 g/mol. The third-order valence-electron chi connectivity index (χ3n) is 3.74. The zero-order valence-electron chi connectivity index (χ0n) is 14.1. The molecule has 9 heteroatoms. The zero-order chi connectivity index (χ0) is 18.3. The maximum absolute atomic E-state index is 12.7. The summed E-state index contributed by atoms with van der Waals surface area (Å²) in [4.78, 5) is 30.4. The number of esters is 1. The SMILES string of the molecule is COC(=O)c1cc(-n2c(=O)nc(N(C)C)c3ccc(Br)cc32)n(C)n1. The highest BCUT2D eigenvalue weighted by atomic mass is 79.9. The molecule has 0 radical (unpaired) electrons. The quantitative estimate of drug-likeness (QED) is 0.617. The van der Waals surface area contributed by atoms with Crippen LogP contribution in [0.1, 0.15) is 10.5 Å². The fourth-order valence-corrected chi connectivity index (χ4v) is 2.97. The Morgan fingerprint density at radius 1 is 1.28 bits per heavy atom. The Morgan fingerprint density at radius 2 is 2.00 bits per heavy atom. The lowest BCUT2D eigenvalue weighted by molar-refractivity contribution is 0.0593. The molecule has 0 saturated heterocycles. The molecule has 0 fully saturated rings. The number of hydrogen-bond acceptors (Lipinski definition) is 6. The van der Waals surface area contributed by atoms with Crippen LogP contribution in [0.2, 0.25) is 0 Å². The molecule has 0 amide bonds. The molecule has 3 aromatic rings. The number of methoxy groups -OCH3 is 1. The first kappa shape index (κ1) is 17.2. The molecule has 0 aliphatic rings. The number of carbonyl (C=O) groups is 1. The lowest BCUT2D eigenvalue weighted by atomic mass is 10.2. The Morgan fingerprint density at radius 3 is 2.64 bits per heavy atom. The van der Waals surface area contributed by atoms with Gasteiger partial charge >= 0.3 is 11.7 Å². The number of rotatable bonds is 3. The fraction of sp³-hybridized carbons (Fsp3) is 0.250. The van der Waals surface area contributed by atoms with E-state index in [0.29, 0.717) is 17.2 Å². The summed E-state index contributed by atoms with van der Waals surface area (Å²) in [6.07, 6.45) is 0. The number of ether oxygens (including phenoxy) is 1. The van der Waals surface area contributed by atoms with E-state index in [-0.39, 0.29) is 5.69 Å². The van der Waals surface area contributed by atoms with Crippen molar-refractivity contribution in [1.82, 2.24) is 19.3 Å². The summed E-state index contributed by atoms with van der Waals surface area (Å²) in [5.41, 5.74) is 0.304. The summed E-state index contributed by atoms with van der Waals surface area (Å²) in [7, 11) is 6.58. The van der Waals surface area contributed by atoms with E-state index in [2.05, 4.69) is 26.0 Å². The summed E-state index contributed by atoms with van der Waals surface area (Å²) in [6.45, 7) is 0. The number of anilines is 1. The summed E-state index contributed by atoms with van der Waals surface area (Å²) in [5.74, 6) is 0.420. The van der Waals surface area contributed by atoms with E-state index >= 15 is 0 Å². The maximum Gasteiger partial charge on any atom is 0.358 e. The molecule has 0 bridgehead atoms. The van der Waals surface area contributed by atoms with E-state index in [1.54, 1.807) is 11.9 Å². The van der Waals surface area contributed by atoms with Gasteiger partial charge in [-0.05, 0) is 18.2 Å². The minimum atomic E-state index is -0.571. The standard InChI is InChI=1S/C16H16BrN5O3/c1-20(2)14-10-6-5-9(17)7-12(10)22(16(24)18-14)13-8-11(15(23)25-4)19-21(13)3/h5-8H,1-4H3. The Hall–Kier alpha value is -2.68. The second kappa shape index (κ2) is 6.32. The molecule has 3 rings (SSSR count). The van der Waals surface area contributed by atoms with E-state index in [0.717, 1.165) is 9.86 Å². The van der Waals surface area contributed by atoms with Crippen LogP contribution < -0.4 is 10.6 Å². The molecule has 0 spiro atoms. The van der Waals surface area contributed by atoms with Crippen LogP contribution in [0.5, 0.6) is 0 Å². The zero-order valence-corrected chi connectivity index (χ0v) is 15.7. The normalized spacial score (nSPS) is 10.9. The predicted molar refractivity (Wildman–Crippen MR) is 97.5 cm³/mol. The number of benzene rings is 1. The molecule has 0 unspecified atom stereocenters. The highest BCUT2D eigenvalue weighted by Gasteiger charge is 2.19. The van der Waals surface area contributed by atoms with Gasteiger partial charge in [-0.15, -0.1) is 0 Å². The smallest absolute Gasteiger partial charge is 0.358 e. The average Bonchev–Trinajstić information content (AvgIpc) is 2.94. The van der Waals surface area contributed by atoms with Crippen LogP contribution in [0.25, 0.3) is 16.7 Å². The van der Waals surface area contributed by atoms with Crippen molar-refractivity contribution in [2.45, 2.75) is 0 Å². The van der Waals surface area contributed by atoms with Crippen molar-refractivity contribution in [3.05, 3.63) is 44.9 Å². The first-order chi connectivity index (χ1) is 11.8. The van der Waals surface area contributed by atoms with Gasteiger partial charge in [-0.1, -0.05) is 15.9 Å². The van der Waals surface area contributed by atoms with Gasteiger partial charge in [-0.2, -0.15) is 10.1 Å². The molecular formula is C16H16BrN5O3.